The summed E-state index contributed by atoms with van der Waals surface area (Å²) in [7, 11) is -4.25. The van der Waals surface area contributed by atoms with E-state index < -0.39 is 10.1 Å². The fourth-order valence-corrected chi connectivity index (χ4v) is 2.64. The fourth-order valence-electron chi connectivity index (χ4n) is 2.12. The molecule has 0 aromatic heterocycles. The van der Waals surface area contributed by atoms with E-state index in [2.05, 4.69) is 15.5 Å². The molecule has 0 heterocycles. The summed E-state index contributed by atoms with van der Waals surface area (Å²) in [6.07, 6.45) is 0. The monoisotopic (exact) mass is 377 g/mol. The molecule has 0 aliphatic heterocycles. The van der Waals surface area contributed by atoms with Gasteiger partial charge in [-0.2, -0.15) is 18.6 Å². The number of nitrogens with one attached hydrogen (secondary N) is 1. The Kier molecular flexibility index (Phi) is 7.07. The summed E-state index contributed by atoms with van der Waals surface area (Å²) in [4.78, 5) is -0.216. The molecule has 3 aromatic carbocycles. The van der Waals surface area contributed by atoms with Crippen molar-refractivity contribution < 1.29 is 13.0 Å². The van der Waals surface area contributed by atoms with Crippen LogP contribution in [0.3, 0.4) is 0 Å². The molecule has 2 N–H and O–H groups in total. The van der Waals surface area contributed by atoms with E-state index in [0.29, 0.717) is 11.4 Å². The third-order valence-corrected chi connectivity index (χ3v) is 4.18. The first-order chi connectivity index (χ1) is 12.0. The van der Waals surface area contributed by atoms with Crippen LogP contribution >= 0.6 is 0 Å². The standard InChI is InChI=1S/C18H15N3O3S.Na.H/c22-25(23,24)18-8-4-7-17(13-18)21-20-16-11-9-15(10-12-16)19-14-5-2-1-3-6-14;;/h1-13,19H,(H,22,23,24);;. The topological polar surface area (TPSA) is 91.1 Å². The van der Waals surface area contributed by atoms with E-state index in [1.54, 1.807) is 18.2 Å². The minimum absolute atomic E-state index is 0. The molecule has 26 heavy (non-hydrogen) atoms. The Morgan fingerprint density at radius 1 is 0.731 bits per heavy atom. The van der Waals surface area contributed by atoms with E-state index in [-0.39, 0.29) is 34.5 Å². The average Bonchev–Trinajstić information content (AvgIpc) is 2.62. The summed E-state index contributed by atoms with van der Waals surface area (Å²) in [5, 5.41) is 11.3. The number of hydrogen-bond donors (Lipinski definition) is 2. The van der Waals surface area contributed by atoms with Gasteiger partial charge in [0, 0.05) is 11.4 Å². The van der Waals surface area contributed by atoms with Crippen molar-refractivity contribution in [2.75, 3.05) is 5.32 Å². The molecule has 3 aromatic rings. The van der Waals surface area contributed by atoms with Crippen molar-refractivity contribution in [3.63, 3.8) is 0 Å². The number of azo groups is 1. The Morgan fingerprint density at radius 3 is 2.00 bits per heavy atom. The van der Waals surface area contributed by atoms with E-state index in [9.17, 15) is 8.42 Å². The first kappa shape index (κ1) is 20.3. The summed E-state index contributed by atoms with van der Waals surface area (Å²) in [5.74, 6) is 0. The average molecular weight is 377 g/mol. The number of para-hydroxylation sites is 1. The van der Waals surface area contributed by atoms with Gasteiger partial charge < -0.3 is 5.32 Å². The molecule has 0 atom stereocenters. The van der Waals surface area contributed by atoms with Crippen molar-refractivity contribution in [1.82, 2.24) is 0 Å². The number of anilines is 2. The SMILES string of the molecule is O=S(=O)(O)c1cccc(N=Nc2ccc(Nc3ccccc3)cc2)c1.[NaH]. The molecular weight excluding hydrogens is 361 g/mol. The van der Waals surface area contributed by atoms with E-state index in [4.69, 9.17) is 4.55 Å². The fraction of sp³-hybridized carbons (Fsp3) is 0. The Hall–Kier alpha value is -2.03. The molecule has 8 heteroatoms. The summed E-state index contributed by atoms with van der Waals surface area (Å²) in [6, 6.07) is 22.7. The van der Waals surface area contributed by atoms with E-state index >= 15 is 0 Å². The van der Waals surface area contributed by atoms with E-state index in [1.807, 2.05) is 42.5 Å². The van der Waals surface area contributed by atoms with Crippen molar-refractivity contribution in [3.05, 3.63) is 78.9 Å². The Balaban J connectivity index is 0.00000243. The van der Waals surface area contributed by atoms with Crippen LogP contribution in [0.2, 0.25) is 0 Å². The van der Waals surface area contributed by atoms with Gasteiger partial charge in [-0.25, -0.2) is 0 Å². The zero-order chi connectivity index (χ0) is 17.7. The minimum atomic E-state index is -4.25. The predicted octanol–water partition coefficient (Wildman–Crippen LogP) is 4.44. The van der Waals surface area contributed by atoms with Gasteiger partial charge in [0.25, 0.3) is 10.1 Å². The number of rotatable bonds is 5. The van der Waals surface area contributed by atoms with Gasteiger partial charge in [0.05, 0.1) is 16.3 Å². The molecule has 0 bridgehead atoms. The zero-order valence-electron chi connectivity index (χ0n) is 13.1. The van der Waals surface area contributed by atoms with Crippen LogP contribution in [-0.2, 0) is 10.1 Å². The van der Waals surface area contributed by atoms with Gasteiger partial charge in [-0.15, -0.1) is 0 Å². The summed E-state index contributed by atoms with van der Waals surface area (Å²) in [5.41, 5.74) is 2.86. The summed E-state index contributed by atoms with van der Waals surface area (Å²) < 4.78 is 31.3. The molecule has 0 saturated heterocycles. The third-order valence-electron chi connectivity index (χ3n) is 3.33. The molecule has 6 nitrogen and oxygen atoms in total. The van der Waals surface area contributed by atoms with Gasteiger partial charge in [0.1, 0.15) is 0 Å². The molecule has 0 aliphatic rings. The van der Waals surface area contributed by atoms with Gasteiger partial charge in [-0.3, -0.25) is 4.55 Å². The zero-order valence-corrected chi connectivity index (χ0v) is 13.9. The molecule has 0 spiro atoms. The Bertz CT molecular complexity index is 992. The molecule has 0 amide bonds. The maximum absolute atomic E-state index is 11.1. The molecule has 0 radical (unpaired) electrons. The van der Waals surface area contributed by atoms with Crippen LogP contribution in [0.1, 0.15) is 0 Å². The first-order valence-corrected chi connectivity index (χ1v) is 8.86. The molecule has 0 fully saturated rings. The van der Waals surface area contributed by atoms with Gasteiger partial charge in [0.2, 0.25) is 0 Å². The maximum atomic E-state index is 11.1. The van der Waals surface area contributed by atoms with Crippen molar-refractivity contribution >= 4 is 62.4 Å². The molecule has 128 valence electrons. The van der Waals surface area contributed by atoms with Crippen molar-refractivity contribution in [2.45, 2.75) is 4.90 Å². The van der Waals surface area contributed by atoms with Crippen LogP contribution in [0.4, 0.5) is 22.7 Å². The molecule has 0 aliphatic carbocycles. The van der Waals surface area contributed by atoms with E-state index in [1.165, 1.54) is 18.2 Å². The second-order valence-electron chi connectivity index (χ2n) is 5.21. The van der Waals surface area contributed by atoms with Gasteiger partial charge >= 0.3 is 29.6 Å². The van der Waals surface area contributed by atoms with Crippen LogP contribution in [0.5, 0.6) is 0 Å². The Morgan fingerprint density at radius 2 is 1.35 bits per heavy atom. The predicted molar refractivity (Wildman–Crippen MR) is 104 cm³/mol. The number of benzene rings is 3. The van der Waals surface area contributed by atoms with Crippen LogP contribution in [0.25, 0.3) is 0 Å². The second-order valence-corrected chi connectivity index (χ2v) is 6.63. The van der Waals surface area contributed by atoms with Crippen molar-refractivity contribution in [2.24, 2.45) is 10.2 Å². The van der Waals surface area contributed by atoms with E-state index in [0.717, 1.165) is 11.4 Å². The Labute approximate surface area is 174 Å². The molecule has 3 rings (SSSR count). The third kappa shape index (κ3) is 5.76. The summed E-state index contributed by atoms with van der Waals surface area (Å²) >= 11 is 0. The normalized spacial score (nSPS) is 11.1. The molecule has 0 saturated carbocycles. The summed E-state index contributed by atoms with van der Waals surface area (Å²) in [6.45, 7) is 0. The second kappa shape index (κ2) is 9.07. The van der Waals surface area contributed by atoms with Gasteiger partial charge in [-0.05, 0) is 54.6 Å². The first-order valence-electron chi connectivity index (χ1n) is 7.42. The van der Waals surface area contributed by atoms with Crippen LogP contribution in [0.15, 0.2) is 94.0 Å². The van der Waals surface area contributed by atoms with Gasteiger partial charge in [0.15, 0.2) is 0 Å². The van der Waals surface area contributed by atoms with Gasteiger partial charge in [-0.1, -0.05) is 24.3 Å². The number of hydrogen-bond acceptors (Lipinski definition) is 5. The van der Waals surface area contributed by atoms with Crippen LogP contribution < -0.4 is 5.32 Å². The van der Waals surface area contributed by atoms with Crippen molar-refractivity contribution in [1.29, 1.82) is 0 Å². The van der Waals surface area contributed by atoms with Crippen LogP contribution in [0, 0.1) is 0 Å². The molecular formula is C18H16N3NaO3S. The molecule has 0 unspecified atom stereocenters. The van der Waals surface area contributed by atoms with Crippen LogP contribution in [-0.4, -0.2) is 42.5 Å². The quantitative estimate of drug-likeness (QED) is 0.391. The van der Waals surface area contributed by atoms with Crippen molar-refractivity contribution in [3.8, 4) is 0 Å². The number of nitrogens with zero attached hydrogens (tertiary/aromatic N) is 2.